The number of nitrogens with two attached hydrogens (primary N) is 1. The number of carbonyl (C=O) groups is 3. The van der Waals surface area contributed by atoms with Crippen molar-refractivity contribution in [2.24, 2.45) is 11.7 Å². The van der Waals surface area contributed by atoms with E-state index in [0.29, 0.717) is 37.9 Å². The monoisotopic (exact) mass is 404 g/mol. The first-order valence-corrected chi connectivity index (χ1v) is 10.2. The van der Waals surface area contributed by atoms with Crippen LogP contribution >= 0.6 is 0 Å². The maximum atomic E-state index is 14.7. The molecule has 3 rings (SSSR count). The van der Waals surface area contributed by atoms with Crippen molar-refractivity contribution in [1.82, 2.24) is 10.2 Å². The van der Waals surface area contributed by atoms with Crippen molar-refractivity contribution in [3.63, 3.8) is 0 Å². The van der Waals surface area contributed by atoms with Crippen molar-refractivity contribution in [2.45, 2.75) is 50.6 Å². The zero-order chi connectivity index (χ0) is 21.1. The summed E-state index contributed by atoms with van der Waals surface area (Å²) < 4.78 is 14.7. The van der Waals surface area contributed by atoms with Crippen LogP contribution in [0.3, 0.4) is 0 Å². The van der Waals surface area contributed by atoms with Gasteiger partial charge in [0.25, 0.3) is 5.91 Å². The molecule has 1 saturated carbocycles. The average molecular weight is 404 g/mol. The minimum absolute atomic E-state index is 0.0119. The van der Waals surface area contributed by atoms with Gasteiger partial charge in [-0.3, -0.25) is 14.4 Å². The largest absolute Gasteiger partial charge is 0.349 e. The number of nitrogens with zero attached hydrogens (tertiary/aromatic N) is 2. The molecule has 158 valence electrons. The molecule has 1 aromatic rings. The molecular weight excluding hydrogens is 375 g/mol. The molecule has 29 heavy (non-hydrogen) atoms. The Balaban J connectivity index is 1.69. The van der Waals surface area contributed by atoms with E-state index in [1.54, 1.807) is 30.0 Å². The van der Waals surface area contributed by atoms with Crippen LogP contribution in [0.25, 0.3) is 0 Å². The topological polar surface area (TPSA) is 95.7 Å². The number of benzene rings is 1. The molecule has 3 N–H and O–H groups in total. The molecule has 0 radical (unpaired) electrons. The van der Waals surface area contributed by atoms with Crippen LogP contribution in [0, 0.1) is 11.7 Å². The summed E-state index contributed by atoms with van der Waals surface area (Å²) in [5, 5.41) is 2.80. The molecular formula is C21H29FN4O3. The van der Waals surface area contributed by atoms with E-state index in [0.717, 1.165) is 12.8 Å². The normalized spacial score (nSPS) is 24.9. The van der Waals surface area contributed by atoms with Gasteiger partial charge < -0.3 is 20.9 Å². The van der Waals surface area contributed by atoms with Gasteiger partial charge in [0.05, 0.1) is 5.56 Å². The lowest BCUT2D eigenvalue weighted by atomic mass is 9.82. The Bertz CT molecular complexity index is 798. The second-order valence-corrected chi connectivity index (χ2v) is 8.15. The second kappa shape index (κ2) is 8.90. The average Bonchev–Trinajstić information content (AvgIpc) is 2.69. The molecule has 0 aromatic heterocycles. The molecule has 2 aliphatic rings. The number of amides is 3. The van der Waals surface area contributed by atoms with Crippen LogP contribution < -0.4 is 16.0 Å². The van der Waals surface area contributed by atoms with Gasteiger partial charge >= 0.3 is 0 Å². The van der Waals surface area contributed by atoms with E-state index >= 15 is 0 Å². The lowest BCUT2D eigenvalue weighted by Crippen LogP contribution is -2.53. The number of halogens is 1. The number of hydrogen-bond donors (Lipinski definition) is 2. The summed E-state index contributed by atoms with van der Waals surface area (Å²) >= 11 is 0. The van der Waals surface area contributed by atoms with Crippen LogP contribution in [0.15, 0.2) is 18.2 Å². The van der Waals surface area contributed by atoms with Gasteiger partial charge in [0.2, 0.25) is 11.8 Å². The standard InChI is InChI=1S/C21H29FN4O3/c1-25(2)21(29)13-6-9-17(23)18(11-13)24-20(28)15-8-7-14(12-16(15)22)26-10-4-3-5-19(26)27/h7-8,12-13,17-18H,3-6,9-11,23H2,1-2H3,(H,24,28). The fourth-order valence-electron chi connectivity index (χ4n) is 4.13. The fourth-order valence-corrected chi connectivity index (χ4v) is 4.13. The van der Waals surface area contributed by atoms with E-state index in [-0.39, 0.29) is 29.3 Å². The second-order valence-electron chi connectivity index (χ2n) is 8.15. The number of rotatable bonds is 4. The van der Waals surface area contributed by atoms with Crippen LogP contribution in [-0.4, -0.2) is 55.3 Å². The maximum Gasteiger partial charge on any atom is 0.254 e. The molecule has 3 unspecified atom stereocenters. The van der Waals surface area contributed by atoms with Crippen molar-refractivity contribution in [3.8, 4) is 0 Å². The van der Waals surface area contributed by atoms with E-state index in [9.17, 15) is 18.8 Å². The third-order valence-corrected chi connectivity index (χ3v) is 5.84. The molecule has 1 heterocycles. The summed E-state index contributed by atoms with van der Waals surface area (Å²) in [5.41, 5.74) is 6.52. The molecule has 1 saturated heterocycles. The van der Waals surface area contributed by atoms with E-state index < -0.39 is 17.8 Å². The number of hydrogen-bond acceptors (Lipinski definition) is 4. The zero-order valence-electron chi connectivity index (χ0n) is 17.0. The van der Waals surface area contributed by atoms with Gasteiger partial charge in [-0.1, -0.05) is 0 Å². The third-order valence-electron chi connectivity index (χ3n) is 5.84. The van der Waals surface area contributed by atoms with Gasteiger partial charge in [-0.25, -0.2) is 4.39 Å². The first-order chi connectivity index (χ1) is 13.8. The van der Waals surface area contributed by atoms with Crippen molar-refractivity contribution >= 4 is 23.4 Å². The summed E-state index contributed by atoms with van der Waals surface area (Å²) in [5.74, 6) is -1.45. The molecule has 1 aliphatic carbocycles. The van der Waals surface area contributed by atoms with Crippen LogP contribution in [0.4, 0.5) is 10.1 Å². The summed E-state index contributed by atoms with van der Waals surface area (Å²) in [6.07, 6.45) is 3.91. The molecule has 0 spiro atoms. The van der Waals surface area contributed by atoms with Gasteiger partial charge in [-0.2, -0.15) is 0 Å². The summed E-state index contributed by atoms with van der Waals surface area (Å²) in [6, 6.07) is 3.56. The Kier molecular flexibility index (Phi) is 6.52. The van der Waals surface area contributed by atoms with Crippen LogP contribution in [-0.2, 0) is 9.59 Å². The van der Waals surface area contributed by atoms with Gasteiger partial charge in [0.1, 0.15) is 5.82 Å². The van der Waals surface area contributed by atoms with Crippen molar-refractivity contribution < 1.29 is 18.8 Å². The smallest absolute Gasteiger partial charge is 0.254 e. The Labute approximate surface area is 170 Å². The lowest BCUT2D eigenvalue weighted by Gasteiger charge is -2.35. The van der Waals surface area contributed by atoms with E-state index in [1.807, 2.05) is 0 Å². The molecule has 7 nitrogen and oxygen atoms in total. The zero-order valence-corrected chi connectivity index (χ0v) is 17.0. The first kappa shape index (κ1) is 21.2. The fraction of sp³-hybridized carbons (Fsp3) is 0.571. The minimum atomic E-state index is -0.677. The molecule has 3 amide bonds. The molecule has 0 bridgehead atoms. The van der Waals surface area contributed by atoms with E-state index in [1.165, 1.54) is 12.1 Å². The van der Waals surface area contributed by atoms with Crippen LogP contribution in [0.2, 0.25) is 0 Å². The Morgan fingerprint density at radius 2 is 2.00 bits per heavy atom. The lowest BCUT2D eigenvalue weighted by molar-refractivity contribution is -0.134. The maximum absolute atomic E-state index is 14.7. The Morgan fingerprint density at radius 3 is 2.66 bits per heavy atom. The van der Waals surface area contributed by atoms with Crippen molar-refractivity contribution in [2.75, 3.05) is 25.5 Å². The number of carbonyl (C=O) groups excluding carboxylic acids is 3. The van der Waals surface area contributed by atoms with Gasteiger partial charge in [-0.15, -0.1) is 0 Å². The van der Waals surface area contributed by atoms with E-state index in [4.69, 9.17) is 5.73 Å². The van der Waals surface area contributed by atoms with Crippen LogP contribution in [0.1, 0.15) is 48.9 Å². The molecule has 3 atom stereocenters. The van der Waals surface area contributed by atoms with Gasteiger partial charge in [-0.05, 0) is 50.3 Å². The summed E-state index contributed by atoms with van der Waals surface area (Å²) in [6.45, 7) is 0.558. The first-order valence-electron chi connectivity index (χ1n) is 10.2. The quantitative estimate of drug-likeness (QED) is 0.798. The highest BCUT2D eigenvalue weighted by Gasteiger charge is 2.34. The highest BCUT2D eigenvalue weighted by Crippen LogP contribution is 2.27. The predicted molar refractivity (Wildman–Crippen MR) is 108 cm³/mol. The SMILES string of the molecule is CN(C)C(=O)C1CCC(N)C(NC(=O)c2ccc(N3CCCCC3=O)cc2F)C1. The number of nitrogens with one attached hydrogen (secondary N) is 1. The Hall–Kier alpha value is -2.48. The van der Waals surface area contributed by atoms with Gasteiger partial charge in [0, 0.05) is 50.7 Å². The molecule has 2 fully saturated rings. The Morgan fingerprint density at radius 1 is 1.24 bits per heavy atom. The van der Waals surface area contributed by atoms with E-state index in [2.05, 4.69) is 5.32 Å². The van der Waals surface area contributed by atoms with Crippen molar-refractivity contribution in [3.05, 3.63) is 29.6 Å². The highest BCUT2D eigenvalue weighted by molar-refractivity contribution is 5.97. The highest BCUT2D eigenvalue weighted by atomic mass is 19.1. The summed E-state index contributed by atoms with van der Waals surface area (Å²) in [7, 11) is 3.41. The third kappa shape index (κ3) is 4.75. The number of piperidine rings is 1. The number of anilines is 1. The molecule has 1 aromatic carbocycles. The molecule has 8 heteroatoms. The van der Waals surface area contributed by atoms with Crippen molar-refractivity contribution in [1.29, 1.82) is 0 Å². The molecule has 1 aliphatic heterocycles. The minimum Gasteiger partial charge on any atom is -0.349 e. The van der Waals surface area contributed by atoms with Crippen LogP contribution in [0.5, 0.6) is 0 Å². The van der Waals surface area contributed by atoms with Gasteiger partial charge in [0.15, 0.2) is 0 Å². The summed E-state index contributed by atoms with van der Waals surface area (Å²) in [4.78, 5) is 40.1. The predicted octanol–water partition coefficient (Wildman–Crippen LogP) is 1.66.